The fourth-order valence-electron chi connectivity index (χ4n) is 4.89. The normalized spacial score (nSPS) is 22.7. The molecule has 3 aliphatic rings. The Labute approximate surface area is 158 Å². The zero-order chi connectivity index (χ0) is 17.9. The van der Waals surface area contributed by atoms with Gasteiger partial charge in [-0.1, -0.05) is 19.3 Å². The first kappa shape index (κ1) is 18.1. The third kappa shape index (κ3) is 4.50. The number of nitrogens with zero attached hydrogens (tertiary/aromatic N) is 3. The average molecular weight is 358 g/mol. The van der Waals surface area contributed by atoms with Gasteiger partial charge in [-0.15, -0.1) is 0 Å². The van der Waals surface area contributed by atoms with Crippen molar-refractivity contribution in [1.29, 1.82) is 0 Å². The first-order chi connectivity index (χ1) is 12.7. The van der Waals surface area contributed by atoms with E-state index in [1.165, 1.54) is 63.0 Å². The van der Waals surface area contributed by atoms with Crippen LogP contribution < -0.4 is 0 Å². The monoisotopic (exact) mass is 357 g/mol. The number of amides is 1. The number of likely N-dealkylation sites (tertiary alicyclic amines) is 1. The van der Waals surface area contributed by atoms with Gasteiger partial charge in [0.15, 0.2) is 0 Å². The summed E-state index contributed by atoms with van der Waals surface area (Å²) in [5.74, 6) is 3.93. The first-order valence-electron chi connectivity index (χ1n) is 11.0. The molecule has 0 atom stereocenters. The highest BCUT2D eigenvalue weighted by Crippen LogP contribution is 2.32. The second kappa shape index (κ2) is 8.14. The second-order valence-electron chi connectivity index (χ2n) is 9.11. The lowest BCUT2D eigenvalue weighted by Gasteiger charge is -2.33. The highest BCUT2D eigenvalue weighted by atomic mass is 16.2. The molecule has 0 aromatic carbocycles. The van der Waals surface area contributed by atoms with Crippen molar-refractivity contribution < 1.29 is 4.79 Å². The number of aryl methyl sites for hydroxylation is 1. The number of aromatic nitrogens is 2. The number of piperidine rings is 1. The van der Waals surface area contributed by atoms with Crippen LogP contribution in [0.5, 0.6) is 0 Å². The minimum absolute atomic E-state index is 0.418. The predicted molar refractivity (Wildman–Crippen MR) is 104 cm³/mol. The van der Waals surface area contributed by atoms with Gasteiger partial charge in [-0.2, -0.15) is 0 Å². The molecule has 2 saturated carbocycles. The molecule has 1 amide bonds. The van der Waals surface area contributed by atoms with Gasteiger partial charge in [-0.05, 0) is 63.2 Å². The van der Waals surface area contributed by atoms with Crippen molar-refractivity contribution in [2.45, 2.75) is 84.1 Å². The summed E-state index contributed by atoms with van der Waals surface area (Å²) in [6.45, 7) is 5.27. The number of carbonyl (C=O) groups is 1. The predicted octanol–water partition coefficient (Wildman–Crippen LogP) is 4.35. The Morgan fingerprint density at radius 1 is 1.00 bits per heavy atom. The molecule has 1 saturated heterocycles. The van der Waals surface area contributed by atoms with E-state index in [9.17, 15) is 4.79 Å². The topological polar surface area (TPSA) is 38.1 Å². The SMILES string of the molecule is Cc1cnc(CC2CCN(C(=O)CC3CCCCC3)CC2)n1CC1CC1. The summed E-state index contributed by atoms with van der Waals surface area (Å²) in [6, 6.07) is 0. The Kier molecular flexibility index (Phi) is 5.66. The van der Waals surface area contributed by atoms with Crippen LogP contribution in [0.25, 0.3) is 0 Å². The summed E-state index contributed by atoms with van der Waals surface area (Å²) in [7, 11) is 0. The van der Waals surface area contributed by atoms with Crippen molar-refractivity contribution in [1.82, 2.24) is 14.5 Å². The van der Waals surface area contributed by atoms with Gasteiger partial charge in [0.1, 0.15) is 5.82 Å². The summed E-state index contributed by atoms with van der Waals surface area (Å²) in [4.78, 5) is 19.5. The Morgan fingerprint density at radius 3 is 2.42 bits per heavy atom. The van der Waals surface area contributed by atoms with Gasteiger partial charge in [-0.25, -0.2) is 4.98 Å². The number of hydrogen-bond donors (Lipinski definition) is 0. The van der Waals surface area contributed by atoms with E-state index in [2.05, 4.69) is 16.4 Å². The molecule has 1 aromatic heterocycles. The Morgan fingerprint density at radius 2 is 1.73 bits per heavy atom. The highest BCUT2D eigenvalue weighted by molar-refractivity contribution is 5.76. The fraction of sp³-hybridized carbons (Fsp3) is 0.818. The Hall–Kier alpha value is -1.32. The molecule has 0 bridgehead atoms. The maximum absolute atomic E-state index is 12.6. The van der Waals surface area contributed by atoms with Crippen molar-refractivity contribution >= 4 is 5.91 Å². The summed E-state index contributed by atoms with van der Waals surface area (Å²) < 4.78 is 2.46. The van der Waals surface area contributed by atoms with Crippen molar-refractivity contribution in [3.05, 3.63) is 17.7 Å². The lowest BCUT2D eigenvalue weighted by Crippen LogP contribution is -2.40. The first-order valence-corrected chi connectivity index (χ1v) is 11.0. The van der Waals surface area contributed by atoms with Gasteiger partial charge in [0.05, 0.1) is 0 Å². The molecule has 0 N–H and O–H groups in total. The second-order valence-corrected chi connectivity index (χ2v) is 9.11. The third-order valence-corrected chi connectivity index (χ3v) is 6.90. The Bertz CT molecular complexity index is 605. The standard InChI is InChI=1S/C22H35N3O/c1-17-15-23-21(25(17)16-20-7-8-20)13-19-9-11-24(12-10-19)22(26)14-18-5-3-2-4-6-18/h15,18-20H,2-14,16H2,1H3. The maximum Gasteiger partial charge on any atom is 0.222 e. The molecule has 144 valence electrons. The Balaban J connectivity index is 1.25. The van der Waals surface area contributed by atoms with Gasteiger partial charge in [0.25, 0.3) is 0 Å². The number of rotatable bonds is 6. The van der Waals surface area contributed by atoms with Crippen LogP contribution in [0.15, 0.2) is 6.20 Å². The molecule has 1 aromatic rings. The van der Waals surface area contributed by atoms with Crippen LogP contribution in [-0.2, 0) is 17.8 Å². The highest BCUT2D eigenvalue weighted by Gasteiger charge is 2.28. The molecule has 0 spiro atoms. The minimum atomic E-state index is 0.418. The number of imidazole rings is 1. The van der Waals surface area contributed by atoms with Crippen LogP contribution in [0.2, 0.25) is 0 Å². The van der Waals surface area contributed by atoms with Gasteiger partial charge >= 0.3 is 0 Å². The van der Waals surface area contributed by atoms with E-state index in [-0.39, 0.29) is 0 Å². The summed E-state index contributed by atoms with van der Waals surface area (Å²) in [5.41, 5.74) is 1.31. The molecule has 0 unspecified atom stereocenters. The number of carbonyl (C=O) groups excluding carboxylic acids is 1. The average Bonchev–Trinajstić information content (AvgIpc) is 3.42. The zero-order valence-electron chi connectivity index (χ0n) is 16.5. The quantitative estimate of drug-likeness (QED) is 0.759. The van der Waals surface area contributed by atoms with E-state index in [0.29, 0.717) is 17.7 Å². The lowest BCUT2D eigenvalue weighted by atomic mass is 9.86. The molecule has 2 heterocycles. The number of hydrogen-bond acceptors (Lipinski definition) is 2. The molecular formula is C22H35N3O. The molecule has 1 aliphatic heterocycles. The van der Waals surface area contributed by atoms with Gasteiger partial charge in [0.2, 0.25) is 5.91 Å². The van der Waals surface area contributed by atoms with Crippen LogP contribution in [0.3, 0.4) is 0 Å². The molecule has 26 heavy (non-hydrogen) atoms. The molecule has 4 heteroatoms. The maximum atomic E-state index is 12.6. The lowest BCUT2D eigenvalue weighted by molar-refractivity contribution is -0.133. The van der Waals surface area contributed by atoms with E-state index in [1.807, 2.05) is 6.20 Å². The molecule has 3 fully saturated rings. The van der Waals surface area contributed by atoms with E-state index in [0.717, 1.165) is 44.7 Å². The third-order valence-electron chi connectivity index (χ3n) is 6.90. The van der Waals surface area contributed by atoms with Crippen molar-refractivity contribution in [3.8, 4) is 0 Å². The van der Waals surface area contributed by atoms with Crippen molar-refractivity contribution in [2.24, 2.45) is 17.8 Å². The van der Waals surface area contributed by atoms with Gasteiger partial charge < -0.3 is 9.47 Å². The van der Waals surface area contributed by atoms with Crippen LogP contribution in [-0.4, -0.2) is 33.4 Å². The molecular weight excluding hydrogens is 322 g/mol. The van der Waals surface area contributed by atoms with Crippen LogP contribution in [0, 0.1) is 24.7 Å². The summed E-state index contributed by atoms with van der Waals surface area (Å²) in [6.07, 6.45) is 15.6. The molecule has 2 aliphatic carbocycles. The summed E-state index contributed by atoms with van der Waals surface area (Å²) in [5, 5.41) is 0. The van der Waals surface area contributed by atoms with Gasteiger partial charge in [0, 0.05) is 44.4 Å². The van der Waals surface area contributed by atoms with E-state index in [4.69, 9.17) is 4.98 Å². The molecule has 0 radical (unpaired) electrons. The van der Waals surface area contributed by atoms with E-state index < -0.39 is 0 Å². The van der Waals surface area contributed by atoms with Crippen molar-refractivity contribution in [3.63, 3.8) is 0 Å². The molecule has 4 rings (SSSR count). The van der Waals surface area contributed by atoms with Crippen LogP contribution in [0.1, 0.15) is 75.7 Å². The van der Waals surface area contributed by atoms with Gasteiger partial charge in [-0.3, -0.25) is 4.79 Å². The van der Waals surface area contributed by atoms with Crippen molar-refractivity contribution in [2.75, 3.05) is 13.1 Å². The zero-order valence-corrected chi connectivity index (χ0v) is 16.5. The van der Waals surface area contributed by atoms with E-state index in [1.54, 1.807) is 0 Å². The smallest absolute Gasteiger partial charge is 0.222 e. The van der Waals surface area contributed by atoms with Crippen LogP contribution >= 0.6 is 0 Å². The molecule has 4 nitrogen and oxygen atoms in total. The van der Waals surface area contributed by atoms with E-state index >= 15 is 0 Å². The minimum Gasteiger partial charge on any atom is -0.343 e. The fourth-order valence-corrected chi connectivity index (χ4v) is 4.89. The summed E-state index contributed by atoms with van der Waals surface area (Å²) >= 11 is 0. The largest absolute Gasteiger partial charge is 0.343 e. The van der Waals surface area contributed by atoms with Crippen LogP contribution in [0.4, 0.5) is 0 Å².